The predicted molar refractivity (Wildman–Crippen MR) is 82.2 cm³/mol. The van der Waals surface area contributed by atoms with Gasteiger partial charge in [0.1, 0.15) is 0 Å². The molecule has 0 saturated carbocycles. The van der Waals surface area contributed by atoms with Crippen LogP contribution in [0.2, 0.25) is 0 Å². The van der Waals surface area contributed by atoms with E-state index in [0.717, 1.165) is 5.56 Å². The van der Waals surface area contributed by atoms with Crippen molar-refractivity contribution in [2.75, 3.05) is 0 Å². The Morgan fingerprint density at radius 3 is 2.22 bits per heavy atom. The minimum absolute atomic E-state index is 0.323. The number of carbonyl (C=O) groups is 3. The lowest BCUT2D eigenvalue weighted by Gasteiger charge is -2.26. The van der Waals surface area contributed by atoms with Gasteiger partial charge in [0.25, 0.3) is 5.91 Å². The summed E-state index contributed by atoms with van der Waals surface area (Å²) in [7, 11) is 0. The van der Waals surface area contributed by atoms with Crippen molar-refractivity contribution in [1.82, 2.24) is 4.90 Å². The fraction of sp³-hybridized carbons (Fsp3) is 0.471. The van der Waals surface area contributed by atoms with Crippen molar-refractivity contribution in [2.45, 2.75) is 52.0 Å². The van der Waals surface area contributed by atoms with Crippen molar-refractivity contribution in [3.63, 3.8) is 0 Å². The number of carbonyl (C=O) groups excluding carboxylic acids is 3. The lowest BCUT2D eigenvalue weighted by molar-refractivity contribution is -0.166. The summed E-state index contributed by atoms with van der Waals surface area (Å²) in [6, 6.07) is 9.19. The second kappa shape index (κ2) is 7.26. The molecule has 1 aliphatic heterocycles. The Morgan fingerprint density at radius 1 is 1.09 bits per heavy atom. The molecule has 0 aromatic heterocycles. The fourth-order valence-corrected chi connectivity index (χ4v) is 2.90. The number of likely N-dealkylation sites (tertiary alicyclic amines) is 1. The Hall–Kier alpha value is -2.37. The number of benzene rings is 1. The number of rotatable bonds is 5. The Kier molecular flexibility index (Phi) is 5.36. The Balaban J connectivity index is 2.28. The standard InChI is InChI=1S/C17H21NO5/c1-4-14-15(22-11(2)19)16(23-12(3)20)17(21)18(14)10-13-8-6-5-7-9-13/h5-9,14-16H,4,10H2,1-3H3/t14?,15-,16+/m0/s1. The summed E-state index contributed by atoms with van der Waals surface area (Å²) >= 11 is 0. The van der Waals surface area contributed by atoms with Gasteiger partial charge in [0.05, 0.1) is 6.04 Å². The third kappa shape index (κ3) is 3.88. The first-order valence-corrected chi connectivity index (χ1v) is 7.62. The van der Waals surface area contributed by atoms with Crippen LogP contribution < -0.4 is 0 Å². The Bertz CT molecular complexity index is 586. The largest absolute Gasteiger partial charge is 0.456 e. The monoisotopic (exact) mass is 319 g/mol. The third-order valence-corrected chi connectivity index (χ3v) is 3.81. The molecule has 1 aromatic rings. The van der Waals surface area contributed by atoms with E-state index in [4.69, 9.17) is 9.47 Å². The van der Waals surface area contributed by atoms with Crippen LogP contribution in [0.5, 0.6) is 0 Å². The van der Waals surface area contributed by atoms with E-state index in [9.17, 15) is 14.4 Å². The van der Waals surface area contributed by atoms with Gasteiger partial charge in [-0.2, -0.15) is 0 Å². The number of ether oxygens (including phenoxy) is 2. The van der Waals surface area contributed by atoms with Gasteiger partial charge in [-0.25, -0.2) is 0 Å². The molecule has 0 N–H and O–H groups in total. The molecular formula is C17H21NO5. The molecule has 1 aliphatic rings. The third-order valence-electron chi connectivity index (χ3n) is 3.81. The predicted octanol–water partition coefficient (Wildman–Crippen LogP) is 1.67. The maximum atomic E-state index is 12.7. The van der Waals surface area contributed by atoms with Gasteiger partial charge < -0.3 is 14.4 Å². The van der Waals surface area contributed by atoms with Crippen molar-refractivity contribution in [2.24, 2.45) is 0 Å². The van der Waals surface area contributed by atoms with Gasteiger partial charge in [-0.15, -0.1) is 0 Å². The van der Waals surface area contributed by atoms with E-state index in [-0.39, 0.29) is 11.9 Å². The molecule has 0 bridgehead atoms. The first kappa shape index (κ1) is 17.0. The zero-order valence-corrected chi connectivity index (χ0v) is 13.5. The topological polar surface area (TPSA) is 72.9 Å². The number of esters is 2. The van der Waals surface area contributed by atoms with Gasteiger partial charge in [-0.1, -0.05) is 37.3 Å². The smallest absolute Gasteiger partial charge is 0.303 e. The molecule has 2 rings (SSSR count). The highest BCUT2D eigenvalue weighted by Crippen LogP contribution is 2.29. The minimum atomic E-state index is -1.08. The van der Waals surface area contributed by atoms with E-state index >= 15 is 0 Å². The first-order valence-electron chi connectivity index (χ1n) is 7.62. The summed E-state index contributed by atoms with van der Waals surface area (Å²) in [5.74, 6) is -1.40. The molecule has 3 atom stereocenters. The van der Waals surface area contributed by atoms with Gasteiger partial charge in [0.15, 0.2) is 6.10 Å². The van der Waals surface area contributed by atoms with Gasteiger partial charge >= 0.3 is 11.9 Å². The van der Waals surface area contributed by atoms with Crippen LogP contribution in [-0.4, -0.2) is 41.0 Å². The van der Waals surface area contributed by atoms with E-state index in [1.807, 2.05) is 37.3 Å². The highest BCUT2D eigenvalue weighted by molar-refractivity contribution is 5.87. The zero-order chi connectivity index (χ0) is 17.0. The Labute approximate surface area is 135 Å². The maximum absolute atomic E-state index is 12.7. The highest BCUT2D eigenvalue weighted by atomic mass is 16.6. The lowest BCUT2D eigenvalue weighted by Crippen LogP contribution is -2.39. The van der Waals surface area contributed by atoms with E-state index < -0.39 is 24.1 Å². The van der Waals surface area contributed by atoms with Crippen molar-refractivity contribution < 1.29 is 23.9 Å². The normalized spacial score (nSPS) is 23.7. The van der Waals surface area contributed by atoms with Crippen molar-refractivity contribution in [3.05, 3.63) is 35.9 Å². The van der Waals surface area contributed by atoms with E-state index in [1.165, 1.54) is 13.8 Å². The molecule has 124 valence electrons. The first-order chi connectivity index (χ1) is 10.9. The highest BCUT2D eigenvalue weighted by Gasteiger charge is 2.51. The number of hydrogen-bond acceptors (Lipinski definition) is 5. The molecule has 0 radical (unpaired) electrons. The number of nitrogens with zero attached hydrogens (tertiary/aromatic N) is 1. The molecule has 1 saturated heterocycles. The van der Waals surface area contributed by atoms with Crippen LogP contribution in [-0.2, 0) is 30.4 Å². The summed E-state index contributed by atoms with van der Waals surface area (Å²) in [5.41, 5.74) is 0.962. The maximum Gasteiger partial charge on any atom is 0.303 e. The van der Waals surface area contributed by atoms with Gasteiger partial charge in [0, 0.05) is 20.4 Å². The van der Waals surface area contributed by atoms with Gasteiger partial charge in [-0.3, -0.25) is 14.4 Å². The van der Waals surface area contributed by atoms with Crippen LogP contribution in [0.15, 0.2) is 30.3 Å². The fourth-order valence-electron chi connectivity index (χ4n) is 2.90. The SMILES string of the molecule is CCC1[C@H](OC(C)=O)[C@@H](OC(C)=O)C(=O)N1Cc1ccccc1. The summed E-state index contributed by atoms with van der Waals surface area (Å²) in [6.45, 7) is 4.80. The van der Waals surface area contributed by atoms with Crippen LogP contribution >= 0.6 is 0 Å². The van der Waals surface area contributed by atoms with E-state index in [2.05, 4.69) is 0 Å². The molecule has 23 heavy (non-hydrogen) atoms. The zero-order valence-electron chi connectivity index (χ0n) is 13.5. The van der Waals surface area contributed by atoms with Crippen LogP contribution in [0.25, 0.3) is 0 Å². The second-order valence-corrected chi connectivity index (χ2v) is 5.53. The van der Waals surface area contributed by atoms with Crippen LogP contribution in [0.3, 0.4) is 0 Å². The molecular weight excluding hydrogens is 298 g/mol. The summed E-state index contributed by atoms with van der Waals surface area (Å²) in [6.07, 6.45) is -1.27. The lowest BCUT2D eigenvalue weighted by atomic mass is 10.1. The number of hydrogen-bond donors (Lipinski definition) is 0. The quantitative estimate of drug-likeness (QED) is 0.772. The molecule has 1 amide bonds. The molecule has 0 aliphatic carbocycles. The average molecular weight is 319 g/mol. The minimum Gasteiger partial charge on any atom is -0.456 e. The molecule has 1 aromatic carbocycles. The molecule has 6 nitrogen and oxygen atoms in total. The van der Waals surface area contributed by atoms with Crippen molar-refractivity contribution in [1.29, 1.82) is 0 Å². The van der Waals surface area contributed by atoms with Gasteiger partial charge in [0.2, 0.25) is 6.10 Å². The summed E-state index contributed by atoms with van der Waals surface area (Å²) in [5, 5.41) is 0. The summed E-state index contributed by atoms with van der Waals surface area (Å²) in [4.78, 5) is 37.0. The van der Waals surface area contributed by atoms with Crippen molar-refractivity contribution in [3.8, 4) is 0 Å². The van der Waals surface area contributed by atoms with E-state index in [0.29, 0.717) is 13.0 Å². The molecule has 0 spiro atoms. The average Bonchev–Trinajstić information content (AvgIpc) is 2.72. The van der Waals surface area contributed by atoms with Crippen LogP contribution in [0.4, 0.5) is 0 Å². The molecule has 6 heteroatoms. The van der Waals surface area contributed by atoms with Gasteiger partial charge in [-0.05, 0) is 12.0 Å². The second-order valence-electron chi connectivity index (χ2n) is 5.53. The van der Waals surface area contributed by atoms with Crippen molar-refractivity contribution >= 4 is 17.8 Å². The molecule has 1 unspecified atom stereocenters. The van der Waals surface area contributed by atoms with Crippen LogP contribution in [0, 0.1) is 0 Å². The molecule has 1 fully saturated rings. The van der Waals surface area contributed by atoms with Crippen LogP contribution in [0.1, 0.15) is 32.8 Å². The molecule has 1 heterocycles. The Morgan fingerprint density at radius 2 is 1.70 bits per heavy atom. The summed E-state index contributed by atoms with van der Waals surface area (Å²) < 4.78 is 10.4. The van der Waals surface area contributed by atoms with E-state index in [1.54, 1.807) is 4.90 Å². The number of amides is 1.